The minimum absolute atomic E-state index is 0.00149. The van der Waals surface area contributed by atoms with Crippen LogP contribution in [-0.2, 0) is 87.4 Å². The van der Waals surface area contributed by atoms with E-state index in [1.54, 1.807) is 0 Å². The van der Waals surface area contributed by atoms with Crippen molar-refractivity contribution in [1.82, 2.24) is 16.0 Å². The van der Waals surface area contributed by atoms with Crippen molar-refractivity contribution in [3.63, 3.8) is 0 Å². The second-order valence-electron chi connectivity index (χ2n) is 21.5. The summed E-state index contributed by atoms with van der Waals surface area (Å²) < 4.78 is 54.9. The highest BCUT2D eigenvalue weighted by atomic mass is 16.6. The van der Waals surface area contributed by atoms with E-state index >= 15 is 0 Å². The van der Waals surface area contributed by atoms with Crippen molar-refractivity contribution in [2.75, 3.05) is 151 Å². The third-order valence-electron chi connectivity index (χ3n) is 14.1. The van der Waals surface area contributed by atoms with Crippen LogP contribution in [0, 0.1) is 20.2 Å². The van der Waals surface area contributed by atoms with Crippen LogP contribution in [0.2, 0.25) is 0 Å². The number of unbranched alkanes of at least 4 members (excludes halogenated alkanes) is 3. The molecule has 0 radical (unpaired) electrons. The molecular weight excluding hydrogens is 1240 g/mol. The fourth-order valence-electron chi connectivity index (χ4n) is 9.08. The fourth-order valence-corrected chi connectivity index (χ4v) is 9.08. The minimum atomic E-state index is -1.16. The number of nitrogens with zero attached hydrogens (tertiary/aromatic N) is 3. The summed E-state index contributed by atoms with van der Waals surface area (Å²) in [5, 5.41) is 45.0. The molecule has 0 aromatic heterocycles. The Kier molecular flexibility index (Phi) is 45.1. The Morgan fingerprint density at radius 2 is 1.06 bits per heavy atom. The van der Waals surface area contributed by atoms with Gasteiger partial charge in [-0.3, -0.25) is 53.8 Å². The highest BCUT2D eigenvalue weighted by Crippen LogP contribution is 2.30. The SMILES string of the molecule is C=C=NCCOCCOCCC(=O)CCCCCC(NC(=O)Cc1ccc2ccccc2c1)C(=O)NCCCCC(NC(=O)CCOCCOCCOCCOCCOCCOCCOCCOCCCC(=O)C(CCC(=O)O)Nc1ccc([N+](=O)[O-])cc1[N+](=O)[O-])C(N)=O. The third-order valence-corrected chi connectivity index (χ3v) is 14.1. The highest BCUT2D eigenvalue weighted by Gasteiger charge is 2.26. The van der Waals surface area contributed by atoms with Gasteiger partial charge in [-0.15, -0.1) is 0 Å². The fraction of sp³-hybridized carbons (Fsp3) is 0.615. The number of aliphatic imine (C=N–C) groups is 1. The van der Waals surface area contributed by atoms with Crippen molar-refractivity contribution in [1.29, 1.82) is 0 Å². The number of nitrogens with two attached hydrogens (primary N) is 1. The van der Waals surface area contributed by atoms with E-state index < -0.39 is 62.9 Å². The average molecular weight is 1340 g/mol. The number of hydrogen-bond donors (Lipinski definition) is 6. The van der Waals surface area contributed by atoms with Gasteiger partial charge in [-0.25, -0.2) is 4.99 Å². The number of carbonyl (C=O) groups excluding carboxylic acids is 6. The lowest BCUT2D eigenvalue weighted by Crippen LogP contribution is -2.47. The maximum absolute atomic E-state index is 13.5. The largest absolute Gasteiger partial charge is 0.481 e. The second-order valence-corrected chi connectivity index (χ2v) is 21.5. The van der Waals surface area contributed by atoms with Crippen molar-refractivity contribution in [3.05, 3.63) is 93.0 Å². The number of carbonyl (C=O) groups is 7. The number of nitro benzene ring substituents is 2. The number of carboxylic acids is 1. The first-order valence-corrected chi connectivity index (χ1v) is 32.1. The molecule has 0 saturated heterocycles. The Bertz CT molecular complexity index is 2810. The van der Waals surface area contributed by atoms with Crippen LogP contribution >= 0.6 is 0 Å². The van der Waals surface area contributed by atoms with E-state index in [2.05, 4.69) is 38.7 Å². The summed E-state index contributed by atoms with van der Waals surface area (Å²) in [4.78, 5) is 113. The summed E-state index contributed by atoms with van der Waals surface area (Å²) in [6, 6.07) is 13.8. The molecule has 3 rings (SSSR count). The Labute approximate surface area is 553 Å². The molecule has 0 bridgehead atoms. The molecule has 3 aromatic rings. The Hall–Kier alpha value is -7.74. The first-order valence-electron chi connectivity index (χ1n) is 32.1. The predicted molar refractivity (Wildman–Crippen MR) is 349 cm³/mol. The first-order chi connectivity index (χ1) is 46.1. The number of non-ortho nitro benzene ring substituents is 1. The molecule has 4 amide bonds. The monoisotopic (exact) mass is 1340 g/mol. The molecule has 0 saturated carbocycles. The van der Waals surface area contributed by atoms with Gasteiger partial charge in [-0.05, 0) is 79.8 Å². The number of anilines is 1. The molecule has 0 spiro atoms. The van der Waals surface area contributed by atoms with Gasteiger partial charge in [0.05, 0.1) is 160 Å². The number of rotatable bonds is 62. The van der Waals surface area contributed by atoms with Crippen molar-refractivity contribution < 1.29 is 95.9 Å². The van der Waals surface area contributed by atoms with Gasteiger partial charge in [0.1, 0.15) is 23.6 Å². The second kappa shape index (κ2) is 52.5. The molecule has 528 valence electrons. The minimum Gasteiger partial charge on any atom is -0.481 e. The number of Topliss-reactive ketones (excluding diaryl/α,β-unsaturated/α-hetero) is 2. The summed E-state index contributed by atoms with van der Waals surface area (Å²) in [6.45, 7) is 10.5. The van der Waals surface area contributed by atoms with Gasteiger partial charge in [-0.1, -0.05) is 55.3 Å². The van der Waals surface area contributed by atoms with E-state index in [9.17, 15) is 53.8 Å². The lowest BCUT2D eigenvalue weighted by Gasteiger charge is -2.19. The number of primary amides is 1. The molecule has 0 aliphatic rings. The van der Waals surface area contributed by atoms with Crippen LogP contribution in [0.25, 0.3) is 10.8 Å². The molecule has 95 heavy (non-hydrogen) atoms. The van der Waals surface area contributed by atoms with Gasteiger partial charge in [0.25, 0.3) is 11.4 Å². The summed E-state index contributed by atoms with van der Waals surface area (Å²) >= 11 is 0. The van der Waals surface area contributed by atoms with E-state index in [-0.39, 0.29) is 108 Å². The number of ketones is 2. The molecular formula is C65H96N8O22. The number of nitro groups is 2. The highest BCUT2D eigenvalue weighted by molar-refractivity contribution is 5.90. The third kappa shape index (κ3) is 40.3. The smallest absolute Gasteiger partial charge is 0.303 e. The Balaban J connectivity index is 1.14. The van der Waals surface area contributed by atoms with E-state index in [1.165, 1.54) is 0 Å². The predicted octanol–water partition coefficient (Wildman–Crippen LogP) is 4.96. The van der Waals surface area contributed by atoms with Crippen LogP contribution in [0.4, 0.5) is 17.1 Å². The summed E-state index contributed by atoms with van der Waals surface area (Å²) in [5.41, 5.74) is 5.17. The molecule has 0 aliphatic heterocycles. The van der Waals surface area contributed by atoms with Gasteiger partial charge < -0.3 is 79.5 Å². The Morgan fingerprint density at radius 1 is 0.526 bits per heavy atom. The van der Waals surface area contributed by atoms with E-state index in [0.29, 0.717) is 157 Å². The van der Waals surface area contributed by atoms with Crippen molar-refractivity contribution >= 4 is 74.9 Å². The topological polar surface area (TPSA) is 405 Å². The van der Waals surface area contributed by atoms with Gasteiger partial charge in [0, 0.05) is 51.3 Å². The van der Waals surface area contributed by atoms with Gasteiger partial charge >= 0.3 is 5.97 Å². The lowest BCUT2D eigenvalue weighted by atomic mass is 10.0. The zero-order valence-corrected chi connectivity index (χ0v) is 54.3. The van der Waals surface area contributed by atoms with E-state index in [1.807, 2.05) is 42.5 Å². The summed E-state index contributed by atoms with van der Waals surface area (Å²) in [6.07, 6.45) is 4.06. The molecule has 30 nitrogen and oxygen atoms in total. The zero-order valence-electron chi connectivity index (χ0n) is 54.3. The van der Waals surface area contributed by atoms with Crippen LogP contribution in [0.15, 0.2) is 72.2 Å². The number of hydrogen-bond acceptors (Lipinski definition) is 23. The number of carboxylic acid groups (broad SMARTS) is 1. The molecule has 0 fully saturated rings. The van der Waals surface area contributed by atoms with E-state index in [0.717, 1.165) is 34.5 Å². The maximum Gasteiger partial charge on any atom is 0.303 e. The molecule has 3 aromatic carbocycles. The van der Waals surface area contributed by atoms with Gasteiger partial charge in [-0.2, -0.15) is 0 Å². The van der Waals surface area contributed by atoms with Crippen LogP contribution in [0.1, 0.15) is 95.5 Å². The number of fused-ring (bicyclic) bond motifs is 1. The van der Waals surface area contributed by atoms with Crippen LogP contribution < -0.4 is 27.0 Å². The van der Waals surface area contributed by atoms with Gasteiger partial charge in [0.15, 0.2) is 5.78 Å². The van der Waals surface area contributed by atoms with Crippen molar-refractivity contribution in [3.8, 4) is 0 Å². The van der Waals surface area contributed by atoms with Crippen LogP contribution in [0.3, 0.4) is 0 Å². The van der Waals surface area contributed by atoms with Gasteiger partial charge in [0.2, 0.25) is 23.6 Å². The molecule has 0 heterocycles. The number of aliphatic carboxylic acids is 1. The number of nitrogens with one attached hydrogen (secondary N) is 4. The molecule has 7 N–H and O–H groups in total. The van der Waals surface area contributed by atoms with Crippen molar-refractivity contribution in [2.45, 2.75) is 114 Å². The molecule has 3 unspecified atom stereocenters. The average Bonchev–Trinajstić information content (AvgIpc) is 0.860. The standard InChI is InChI=1S/C65H96N8O22/c1-2-67-26-30-89-34-32-87-28-23-54(74)13-4-3-5-15-58(71-62(77)48-50-17-18-51-11-6-7-12-52(51)47-50)65(81)68-25-9-8-14-57(64(66)80)70-61(76)24-29-88-33-36-91-38-40-93-42-44-95-46-45-94-43-41-92-39-37-90-35-31-86-27-10-16-60(75)56(21-22-63(78)79)69-55-20-19-53(72(82)83)49-59(55)73(84)85/h6-7,11-12,17-20,47,49,56-58,69H,1,3-5,8-10,13-16,21-46,48H2,(H2,66,80)(H,68,81)(H,70,76)(H,71,77)(H,78,79). The van der Waals surface area contributed by atoms with Crippen molar-refractivity contribution in [2.24, 2.45) is 10.7 Å². The number of benzene rings is 3. The zero-order chi connectivity index (χ0) is 68.9. The molecule has 30 heteroatoms. The normalized spacial score (nSPS) is 12.1. The quantitative estimate of drug-likeness (QED) is 0.0188. The maximum atomic E-state index is 13.5. The molecule has 0 aliphatic carbocycles. The number of amides is 4. The van der Waals surface area contributed by atoms with Crippen LogP contribution in [-0.4, -0.2) is 225 Å². The lowest BCUT2D eigenvalue weighted by molar-refractivity contribution is -0.393. The molecule has 3 atom stereocenters. The first kappa shape index (κ1) is 81.5. The number of ether oxygens (including phenoxy) is 10. The summed E-state index contributed by atoms with van der Waals surface area (Å²) in [5.74, 6) is -0.744. The van der Waals surface area contributed by atoms with E-state index in [4.69, 9.17) is 58.2 Å². The van der Waals surface area contributed by atoms with Crippen LogP contribution in [0.5, 0.6) is 0 Å². The summed E-state index contributed by atoms with van der Waals surface area (Å²) in [7, 11) is 0. The Morgan fingerprint density at radius 3 is 1.63 bits per heavy atom.